The van der Waals surface area contributed by atoms with Crippen molar-refractivity contribution in [3.8, 4) is 11.5 Å². The van der Waals surface area contributed by atoms with E-state index in [4.69, 9.17) is 21.1 Å². The third kappa shape index (κ3) is 2.76. The number of hydrogen-bond donors (Lipinski definition) is 0. The molecule has 0 aliphatic rings. The summed E-state index contributed by atoms with van der Waals surface area (Å²) >= 11 is 5.88. The molecule has 88 valence electrons. The highest BCUT2D eigenvalue weighted by molar-refractivity contribution is 6.32. The van der Waals surface area contributed by atoms with Crippen LogP contribution >= 0.6 is 11.6 Å². The van der Waals surface area contributed by atoms with Crippen molar-refractivity contribution in [1.82, 2.24) is 0 Å². The number of rotatable bonds is 5. The van der Waals surface area contributed by atoms with Gasteiger partial charge in [0.1, 0.15) is 0 Å². The minimum Gasteiger partial charge on any atom is -0.493 e. The first-order chi connectivity index (χ1) is 7.60. The molecule has 1 aromatic rings. The van der Waals surface area contributed by atoms with E-state index in [1.165, 1.54) is 19.2 Å². The predicted octanol–water partition coefficient (Wildman–Crippen LogP) is 3.05. The van der Waals surface area contributed by atoms with Crippen LogP contribution < -0.4 is 9.47 Å². The summed E-state index contributed by atoms with van der Waals surface area (Å²) in [5, 5.41) is 10.8. The molecule has 0 unspecified atom stereocenters. The van der Waals surface area contributed by atoms with Crippen LogP contribution in [0.5, 0.6) is 11.5 Å². The molecular weight excluding hydrogens is 234 g/mol. The van der Waals surface area contributed by atoms with E-state index in [0.29, 0.717) is 12.4 Å². The number of non-ortho nitro benzene ring substituents is 1. The standard InChI is InChI=1S/C10H12ClNO4/c1-3-4-16-10-8(11)5-7(12(13)14)6-9(10)15-2/h5-6H,3-4H2,1-2H3. The molecule has 0 amide bonds. The fourth-order valence-electron chi connectivity index (χ4n) is 1.16. The average Bonchev–Trinajstić information content (AvgIpc) is 2.26. The predicted molar refractivity (Wildman–Crippen MR) is 60.4 cm³/mol. The van der Waals surface area contributed by atoms with Crippen LogP contribution in [-0.2, 0) is 0 Å². The summed E-state index contributed by atoms with van der Waals surface area (Å²) in [6.07, 6.45) is 0.816. The van der Waals surface area contributed by atoms with E-state index in [1.54, 1.807) is 0 Å². The van der Waals surface area contributed by atoms with E-state index in [1.807, 2.05) is 6.92 Å². The molecule has 16 heavy (non-hydrogen) atoms. The van der Waals surface area contributed by atoms with Crippen LogP contribution in [0.25, 0.3) is 0 Å². The molecule has 0 saturated heterocycles. The van der Waals surface area contributed by atoms with Gasteiger partial charge in [0, 0.05) is 6.07 Å². The van der Waals surface area contributed by atoms with Crippen molar-refractivity contribution in [2.45, 2.75) is 13.3 Å². The molecule has 0 N–H and O–H groups in total. The Morgan fingerprint density at radius 1 is 1.50 bits per heavy atom. The second-order valence-corrected chi connectivity index (χ2v) is 3.47. The lowest BCUT2D eigenvalue weighted by molar-refractivity contribution is -0.384. The minimum atomic E-state index is -0.530. The number of nitro benzene ring substituents is 1. The van der Waals surface area contributed by atoms with Gasteiger partial charge in [0.15, 0.2) is 11.5 Å². The Morgan fingerprint density at radius 3 is 2.69 bits per heavy atom. The highest BCUT2D eigenvalue weighted by Gasteiger charge is 2.17. The molecule has 0 radical (unpaired) electrons. The Morgan fingerprint density at radius 2 is 2.19 bits per heavy atom. The zero-order chi connectivity index (χ0) is 12.1. The molecule has 0 fully saturated rings. The largest absolute Gasteiger partial charge is 0.493 e. The van der Waals surface area contributed by atoms with E-state index < -0.39 is 4.92 Å². The van der Waals surface area contributed by atoms with E-state index in [-0.39, 0.29) is 16.5 Å². The number of ether oxygens (including phenoxy) is 2. The van der Waals surface area contributed by atoms with Crippen molar-refractivity contribution in [2.75, 3.05) is 13.7 Å². The van der Waals surface area contributed by atoms with Crippen molar-refractivity contribution in [2.24, 2.45) is 0 Å². The maximum Gasteiger partial charge on any atom is 0.274 e. The fourth-order valence-corrected chi connectivity index (χ4v) is 1.42. The van der Waals surface area contributed by atoms with Gasteiger partial charge in [0.25, 0.3) is 5.69 Å². The van der Waals surface area contributed by atoms with Gasteiger partial charge in [-0.05, 0) is 6.42 Å². The normalized spacial score (nSPS) is 9.94. The van der Waals surface area contributed by atoms with Gasteiger partial charge >= 0.3 is 0 Å². The zero-order valence-electron chi connectivity index (χ0n) is 9.03. The summed E-state index contributed by atoms with van der Waals surface area (Å²) in [6, 6.07) is 2.53. The number of nitrogens with zero attached hydrogens (tertiary/aromatic N) is 1. The van der Waals surface area contributed by atoms with Crippen LogP contribution in [0.3, 0.4) is 0 Å². The lowest BCUT2D eigenvalue weighted by Gasteiger charge is -2.11. The van der Waals surface area contributed by atoms with E-state index >= 15 is 0 Å². The van der Waals surface area contributed by atoms with Gasteiger partial charge in [-0.1, -0.05) is 18.5 Å². The summed E-state index contributed by atoms with van der Waals surface area (Å²) in [6.45, 7) is 2.43. The highest BCUT2D eigenvalue weighted by atomic mass is 35.5. The second kappa shape index (κ2) is 5.55. The Bertz CT molecular complexity index is 395. The maximum atomic E-state index is 10.6. The first-order valence-corrected chi connectivity index (χ1v) is 5.12. The molecule has 0 aliphatic carbocycles. The fraction of sp³-hybridized carbons (Fsp3) is 0.400. The van der Waals surface area contributed by atoms with Gasteiger partial charge in [-0.2, -0.15) is 0 Å². The molecule has 5 nitrogen and oxygen atoms in total. The van der Waals surface area contributed by atoms with Crippen molar-refractivity contribution in [1.29, 1.82) is 0 Å². The summed E-state index contributed by atoms with van der Waals surface area (Å²) in [4.78, 5) is 10.1. The van der Waals surface area contributed by atoms with Crippen molar-refractivity contribution in [3.05, 3.63) is 27.3 Å². The van der Waals surface area contributed by atoms with Crippen molar-refractivity contribution >= 4 is 17.3 Å². The molecule has 0 aliphatic heterocycles. The monoisotopic (exact) mass is 245 g/mol. The lowest BCUT2D eigenvalue weighted by atomic mass is 10.3. The SMILES string of the molecule is CCCOc1c(Cl)cc([N+](=O)[O-])cc1OC. The van der Waals surface area contributed by atoms with Gasteiger partial charge in [-0.3, -0.25) is 10.1 Å². The van der Waals surface area contributed by atoms with Crippen molar-refractivity contribution in [3.63, 3.8) is 0 Å². The molecule has 0 aromatic heterocycles. The van der Waals surface area contributed by atoms with E-state index in [9.17, 15) is 10.1 Å². The van der Waals surface area contributed by atoms with Crippen molar-refractivity contribution < 1.29 is 14.4 Å². The quantitative estimate of drug-likeness (QED) is 0.591. The first-order valence-electron chi connectivity index (χ1n) is 4.74. The molecule has 1 rings (SSSR count). The maximum absolute atomic E-state index is 10.6. The molecule has 0 saturated carbocycles. The van der Waals surface area contributed by atoms with Gasteiger partial charge in [0.05, 0.1) is 29.7 Å². The number of benzene rings is 1. The van der Waals surface area contributed by atoms with Crippen LogP contribution in [-0.4, -0.2) is 18.6 Å². The summed E-state index contributed by atoms with van der Waals surface area (Å²) in [7, 11) is 1.41. The molecule has 0 bridgehead atoms. The average molecular weight is 246 g/mol. The number of methoxy groups -OCH3 is 1. The third-order valence-corrected chi connectivity index (χ3v) is 2.16. The van der Waals surface area contributed by atoms with Crippen LogP contribution in [0.4, 0.5) is 5.69 Å². The highest BCUT2D eigenvalue weighted by Crippen LogP contribution is 2.38. The number of nitro groups is 1. The number of hydrogen-bond acceptors (Lipinski definition) is 4. The van der Waals surface area contributed by atoms with E-state index in [0.717, 1.165) is 6.42 Å². The molecule has 1 aromatic carbocycles. The Balaban J connectivity index is 3.12. The number of halogens is 1. The first kappa shape index (κ1) is 12.6. The van der Waals surface area contributed by atoms with E-state index in [2.05, 4.69) is 0 Å². The van der Waals surface area contributed by atoms with Crippen LogP contribution in [0.15, 0.2) is 12.1 Å². The summed E-state index contributed by atoms with van der Waals surface area (Å²) in [5.74, 6) is 0.615. The Labute approximate surface area is 98.1 Å². The molecule has 0 atom stereocenters. The smallest absolute Gasteiger partial charge is 0.274 e. The third-order valence-electron chi connectivity index (χ3n) is 1.88. The summed E-state index contributed by atoms with van der Waals surface area (Å²) < 4.78 is 10.4. The van der Waals surface area contributed by atoms with Crippen LogP contribution in [0.1, 0.15) is 13.3 Å². The zero-order valence-corrected chi connectivity index (χ0v) is 9.78. The topological polar surface area (TPSA) is 61.6 Å². The van der Waals surface area contributed by atoms with Gasteiger partial charge in [-0.15, -0.1) is 0 Å². The van der Waals surface area contributed by atoms with Gasteiger partial charge in [0.2, 0.25) is 0 Å². The minimum absolute atomic E-state index is 0.120. The Kier molecular flexibility index (Phi) is 4.37. The van der Waals surface area contributed by atoms with Crippen LogP contribution in [0, 0.1) is 10.1 Å². The second-order valence-electron chi connectivity index (χ2n) is 3.06. The van der Waals surface area contributed by atoms with Gasteiger partial charge in [-0.25, -0.2) is 0 Å². The molecule has 6 heteroatoms. The summed E-state index contributed by atoms with van der Waals surface area (Å²) in [5.41, 5.74) is -0.120. The Hall–Kier alpha value is -1.49. The van der Waals surface area contributed by atoms with Crippen LogP contribution in [0.2, 0.25) is 5.02 Å². The molecule has 0 spiro atoms. The molecule has 0 heterocycles. The molecular formula is C10H12ClNO4. The van der Waals surface area contributed by atoms with Gasteiger partial charge < -0.3 is 9.47 Å². The lowest BCUT2D eigenvalue weighted by Crippen LogP contribution is -1.99.